The van der Waals surface area contributed by atoms with Crippen molar-refractivity contribution in [1.82, 2.24) is 0 Å². The van der Waals surface area contributed by atoms with Crippen LogP contribution in [0.1, 0.15) is 424 Å². The molecule has 7 heterocycles. The largest absolute Gasteiger partial charge is 0.381 e. The second kappa shape index (κ2) is 58.4. The third-order valence-electron chi connectivity index (χ3n) is 28.8. The molecule has 24 fully saturated rings. The van der Waals surface area contributed by atoms with Crippen molar-refractivity contribution in [3.63, 3.8) is 0 Å². The molecule has 0 aromatic heterocycles. The fourth-order valence-electron chi connectivity index (χ4n) is 22.3. The molecule has 0 amide bonds. The van der Waals surface area contributed by atoms with Crippen LogP contribution in [0.4, 0.5) is 0 Å². The first-order chi connectivity index (χ1) is 52.6. The summed E-state index contributed by atoms with van der Waals surface area (Å²) in [6.07, 6.45) is 99.5. The maximum Gasteiger partial charge on any atom is 0.146 e. The molecule has 8 bridgehead atoms. The summed E-state index contributed by atoms with van der Waals surface area (Å²) in [6, 6.07) is 0. The minimum Gasteiger partial charge on any atom is -0.381 e. The lowest BCUT2D eigenvalue weighted by Gasteiger charge is -2.49. The van der Waals surface area contributed by atoms with Gasteiger partial charge in [0, 0.05) is 39.6 Å². The van der Waals surface area contributed by atoms with E-state index in [9.17, 15) is 0 Å². The van der Waals surface area contributed by atoms with Gasteiger partial charge in [0.1, 0.15) is 20.4 Å². The van der Waals surface area contributed by atoms with Gasteiger partial charge in [-0.1, -0.05) is 295 Å². The molecule has 0 N–H and O–H groups in total. The monoisotopic (exact) mass is 1490 g/mol. The van der Waals surface area contributed by atoms with Gasteiger partial charge in [-0.05, 0) is 199 Å². The van der Waals surface area contributed by atoms with E-state index < -0.39 is 0 Å². The minimum atomic E-state index is -0.0312. The zero-order valence-electron chi connectivity index (χ0n) is 69.9. The maximum atomic E-state index is 5.35. The highest BCUT2D eigenvalue weighted by atomic mass is 16.7. The first-order valence-corrected chi connectivity index (χ1v) is 48.5. The fourth-order valence-corrected chi connectivity index (χ4v) is 22.3. The first kappa shape index (κ1) is 89.5. The topological polar surface area (TPSA) is 92.3 Å². The molecular formula is C96H176O10. The predicted octanol–water partition coefficient (Wildman–Crippen LogP) is 27.0. The van der Waals surface area contributed by atoms with Crippen LogP contribution in [-0.2, 0) is 47.4 Å². The second-order valence-electron chi connectivity index (χ2n) is 38.2. The van der Waals surface area contributed by atoms with Gasteiger partial charge in [0.2, 0.25) is 0 Å². The summed E-state index contributed by atoms with van der Waals surface area (Å²) < 4.78 is 51.1. The van der Waals surface area contributed by atoms with Crippen molar-refractivity contribution >= 4 is 0 Å². The summed E-state index contributed by atoms with van der Waals surface area (Å²) in [4.78, 5) is 0. The molecule has 7 aliphatic heterocycles. The van der Waals surface area contributed by atoms with Gasteiger partial charge in [-0.3, -0.25) is 0 Å². The lowest BCUT2D eigenvalue weighted by atomic mass is 9.56. The zero-order valence-corrected chi connectivity index (χ0v) is 69.9. The molecule has 4 unspecified atom stereocenters. The SMILES string of the molecule is C1C2CC3CC1CC(C2)C3.C1CC1.C1CC2C3CCC(C3)C2C1.C1CC2CCC1C2.C1CCC1.C1CCC2CCCCC2C1.C1CCCC1.C1CCCCC1.C1CCCCCC1.C1CCCCCCC1.C1CCOC1.C1CCOCC1.C1COCOC1.C1C[C@@H]2OCC[C@@H]2O1.C1OCC2(CO1)COCOC2. The number of ether oxygens (including phenoxy) is 10. The molecule has 6 atom stereocenters. The first-order valence-electron chi connectivity index (χ1n) is 48.5. The molecule has 7 saturated heterocycles. The van der Waals surface area contributed by atoms with Gasteiger partial charge in [-0.15, -0.1) is 0 Å². The molecule has 17 aliphatic carbocycles. The molecule has 24 aliphatic rings. The van der Waals surface area contributed by atoms with Crippen molar-refractivity contribution in [3.8, 4) is 0 Å². The molecule has 17 saturated carbocycles. The molecule has 106 heavy (non-hydrogen) atoms. The van der Waals surface area contributed by atoms with E-state index in [4.69, 9.17) is 47.4 Å². The molecule has 0 radical (unpaired) electrons. The normalized spacial score (nSPS) is 35.8. The average Bonchev–Trinajstić information content (AvgIpc) is 1.54. The van der Waals surface area contributed by atoms with Crippen LogP contribution in [0.3, 0.4) is 0 Å². The quantitative estimate of drug-likeness (QED) is 0.218. The van der Waals surface area contributed by atoms with Gasteiger partial charge < -0.3 is 47.4 Å². The van der Waals surface area contributed by atoms with Crippen LogP contribution in [-0.4, -0.2) is 112 Å². The maximum absolute atomic E-state index is 5.35. The van der Waals surface area contributed by atoms with E-state index in [0.717, 1.165) is 84.0 Å². The molecule has 0 aromatic rings. The summed E-state index contributed by atoms with van der Waals surface area (Å²) >= 11 is 0. The number of hydrogen-bond acceptors (Lipinski definition) is 10. The van der Waals surface area contributed by atoms with E-state index in [1.165, 1.54) is 329 Å². The number of hydrogen-bond donors (Lipinski definition) is 0. The summed E-state index contributed by atoms with van der Waals surface area (Å²) in [6.45, 7) is 11.6. The Morgan fingerprint density at radius 2 is 0.415 bits per heavy atom. The third kappa shape index (κ3) is 39.3. The highest BCUT2D eigenvalue weighted by Crippen LogP contribution is 2.59. The van der Waals surface area contributed by atoms with E-state index in [-0.39, 0.29) is 5.41 Å². The van der Waals surface area contributed by atoms with Gasteiger partial charge in [0.05, 0.1) is 57.3 Å². The highest BCUT2D eigenvalue weighted by Gasteiger charge is 2.49. The zero-order chi connectivity index (χ0) is 72.9. The van der Waals surface area contributed by atoms with E-state index >= 15 is 0 Å². The van der Waals surface area contributed by atoms with Gasteiger partial charge in [0.25, 0.3) is 0 Å². The van der Waals surface area contributed by atoms with Crippen LogP contribution in [0, 0.1) is 76.4 Å². The van der Waals surface area contributed by atoms with Crippen LogP contribution in [0.25, 0.3) is 0 Å². The Kier molecular flexibility index (Phi) is 49.4. The van der Waals surface area contributed by atoms with E-state index in [0.29, 0.717) is 59.0 Å². The third-order valence-corrected chi connectivity index (χ3v) is 28.8. The summed E-state index contributed by atoms with van der Waals surface area (Å²) in [5.41, 5.74) is -0.0312. The standard InChI is InChI=1S/2C10H16.C10H18.C8H16.C7H12O4.C7H12.C7H14.C6H10O2.C6H12.C5H10O.C5H10.C4H8O2.C4H8O.C4H8.C3H6/c1-7-2-9-4-8(1)5-10(3-7)6-9;1-2-9-7-4-5-8(6-7)10(9)3-1;1-2-6-10-8-4-3-7-9(10)5-1;1-2-4-6-8-7-5-3-1;1-7(2-9-5-8-1)3-10-6-11-4-7;1-2-7-4-3-6(1)5-7;1-2-4-6-7-5-3-1;1-3-7-6-2-4-8-5(1)6;2*1-2-4-6-5-3-1;1-2-4-5-3-1;1-2-5-4-6-3-1;1-2-4-5-3-1;1-2-4-3-1;1-2-3-1/h2*7-10H,1-6H2;9-10H,1-8H2;1-8H2;1-6H2;6-7H,1-5H2;1-7H2;5-6H,1-4H2;1-6H2;1-5H2;1-5H2;1-4H2;1-4H2;1-4H2;1-3H2/t;;;;;;;5-,6-;;;;;;;/m.......0......./s1. The molecule has 1 spiro atoms. The van der Waals surface area contributed by atoms with E-state index in [2.05, 4.69) is 0 Å². The Hall–Kier alpha value is -0.400. The van der Waals surface area contributed by atoms with Crippen molar-refractivity contribution in [2.24, 2.45) is 76.4 Å². The van der Waals surface area contributed by atoms with Gasteiger partial charge >= 0.3 is 0 Å². The van der Waals surface area contributed by atoms with E-state index in [1.54, 1.807) is 135 Å². The van der Waals surface area contributed by atoms with Crippen LogP contribution in [0.5, 0.6) is 0 Å². The average molecular weight is 1490 g/mol. The van der Waals surface area contributed by atoms with Gasteiger partial charge in [0.15, 0.2) is 0 Å². The van der Waals surface area contributed by atoms with Crippen LogP contribution in [0.15, 0.2) is 0 Å². The second-order valence-corrected chi connectivity index (χ2v) is 38.2. The smallest absolute Gasteiger partial charge is 0.146 e. The van der Waals surface area contributed by atoms with Gasteiger partial charge in [-0.25, -0.2) is 0 Å². The van der Waals surface area contributed by atoms with Crippen LogP contribution < -0.4 is 0 Å². The minimum absolute atomic E-state index is 0.0312. The molecule has 10 nitrogen and oxygen atoms in total. The van der Waals surface area contributed by atoms with E-state index in [1.807, 2.05) is 0 Å². The Labute approximate surface area is 655 Å². The van der Waals surface area contributed by atoms with Crippen molar-refractivity contribution in [2.75, 3.05) is 99.7 Å². The molecule has 10 heteroatoms. The Morgan fingerprint density at radius 3 is 0.642 bits per heavy atom. The lowest BCUT2D eigenvalue weighted by molar-refractivity contribution is -0.245. The molecule has 0 aromatic carbocycles. The summed E-state index contributed by atoms with van der Waals surface area (Å²) in [7, 11) is 0. The van der Waals surface area contributed by atoms with Crippen LogP contribution >= 0.6 is 0 Å². The molecule has 24 rings (SSSR count). The molecule has 620 valence electrons. The summed E-state index contributed by atoms with van der Waals surface area (Å²) in [5.74, 6) is 14.2. The van der Waals surface area contributed by atoms with Crippen molar-refractivity contribution < 1.29 is 47.4 Å². The fraction of sp³-hybridized carbons (Fsp3) is 1.00. The van der Waals surface area contributed by atoms with Crippen molar-refractivity contribution in [1.29, 1.82) is 0 Å². The Balaban J connectivity index is 0.000000133. The lowest BCUT2D eigenvalue weighted by Crippen LogP contribution is -2.47. The number of rotatable bonds is 0. The van der Waals surface area contributed by atoms with Crippen LogP contribution in [0.2, 0.25) is 0 Å². The summed E-state index contributed by atoms with van der Waals surface area (Å²) in [5, 5.41) is 0. The Bertz CT molecular complexity index is 1690. The highest BCUT2D eigenvalue weighted by molar-refractivity contribution is 4.99. The van der Waals surface area contributed by atoms with Gasteiger partial charge in [-0.2, -0.15) is 0 Å². The number of fused-ring (bicyclic) bond motifs is 9. The Morgan fingerprint density at radius 1 is 0.160 bits per heavy atom. The van der Waals surface area contributed by atoms with Crippen molar-refractivity contribution in [3.05, 3.63) is 0 Å². The predicted molar refractivity (Wildman–Crippen MR) is 440 cm³/mol. The molecular weight excluding hydrogens is 1310 g/mol. The van der Waals surface area contributed by atoms with Crippen molar-refractivity contribution in [2.45, 2.75) is 436 Å².